The minimum atomic E-state index is 0.00579. The number of amides is 1. The molecule has 1 atom stereocenters. The molecule has 1 rings (SSSR count). The van der Waals surface area contributed by atoms with Gasteiger partial charge in [-0.2, -0.15) is 0 Å². The summed E-state index contributed by atoms with van der Waals surface area (Å²) in [5.74, 6) is 0.0847. The number of rotatable bonds is 1. The molecule has 4 nitrogen and oxygen atoms in total. The molecule has 0 saturated carbocycles. The average molecular weight is 143 g/mol. The van der Waals surface area contributed by atoms with Crippen LogP contribution in [0.5, 0.6) is 0 Å². The Morgan fingerprint density at radius 2 is 2.50 bits per heavy atom. The first-order chi connectivity index (χ1) is 4.84. The van der Waals surface area contributed by atoms with E-state index in [2.05, 4.69) is 16.0 Å². The van der Waals surface area contributed by atoms with E-state index in [0.29, 0.717) is 0 Å². The highest BCUT2D eigenvalue weighted by molar-refractivity contribution is 5.81. The van der Waals surface area contributed by atoms with Gasteiger partial charge in [-0.25, -0.2) is 0 Å². The van der Waals surface area contributed by atoms with Crippen molar-refractivity contribution in [3.8, 4) is 0 Å². The van der Waals surface area contributed by atoms with Crippen molar-refractivity contribution in [2.24, 2.45) is 0 Å². The van der Waals surface area contributed by atoms with E-state index >= 15 is 0 Å². The summed E-state index contributed by atoms with van der Waals surface area (Å²) in [6, 6.07) is 0.00579. The maximum Gasteiger partial charge on any atom is 0.236 e. The molecular formula is C6H13N3O. The molecule has 0 aromatic rings. The van der Waals surface area contributed by atoms with Crippen LogP contribution in [-0.2, 0) is 4.79 Å². The lowest BCUT2D eigenvalue weighted by Gasteiger charge is -2.22. The molecule has 58 valence electrons. The van der Waals surface area contributed by atoms with E-state index in [4.69, 9.17) is 0 Å². The predicted octanol–water partition coefficient (Wildman–Crippen LogP) is -1.36. The van der Waals surface area contributed by atoms with Crippen LogP contribution in [0.25, 0.3) is 0 Å². The smallest absolute Gasteiger partial charge is 0.236 e. The molecule has 4 heteroatoms. The summed E-state index contributed by atoms with van der Waals surface area (Å²) in [6.07, 6.45) is 0.875. The van der Waals surface area contributed by atoms with E-state index in [1.54, 1.807) is 7.05 Å². The Morgan fingerprint density at radius 1 is 1.70 bits per heavy atom. The van der Waals surface area contributed by atoms with Crippen molar-refractivity contribution in [1.82, 2.24) is 16.0 Å². The highest BCUT2D eigenvalue weighted by atomic mass is 16.2. The first-order valence-corrected chi connectivity index (χ1v) is 3.50. The molecular weight excluding hydrogens is 130 g/mol. The average Bonchev–Trinajstić information content (AvgIpc) is 2.05. The molecule has 0 spiro atoms. The highest BCUT2D eigenvalue weighted by Gasteiger charge is 2.17. The number of hydrogen-bond donors (Lipinski definition) is 3. The number of hydrogen-bond acceptors (Lipinski definition) is 3. The van der Waals surface area contributed by atoms with Crippen LogP contribution in [-0.4, -0.2) is 32.2 Å². The molecule has 0 radical (unpaired) electrons. The maximum absolute atomic E-state index is 11.0. The molecule has 0 aromatic carbocycles. The van der Waals surface area contributed by atoms with Crippen molar-refractivity contribution in [2.45, 2.75) is 12.5 Å². The molecule has 0 bridgehead atoms. The Balaban J connectivity index is 2.31. The van der Waals surface area contributed by atoms with Crippen LogP contribution >= 0.6 is 0 Å². The molecule has 0 aliphatic carbocycles. The van der Waals surface area contributed by atoms with Crippen LogP contribution in [0.1, 0.15) is 6.42 Å². The van der Waals surface area contributed by atoms with E-state index < -0.39 is 0 Å². The first kappa shape index (κ1) is 7.50. The molecule has 1 saturated heterocycles. The minimum Gasteiger partial charge on any atom is -0.358 e. The van der Waals surface area contributed by atoms with Crippen LogP contribution in [0.15, 0.2) is 0 Å². The summed E-state index contributed by atoms with van der Waals surface area (Å²) in [5, 5.41) is 8.75. The standard InChI is InChI=1S/C6H13N3O/c1-7-6(10)5-2-3-8-4-9-5/h5,8-9H,2-4H2,1H3,(H,7,10). The molecule has 1 unspecified atom stereocenters. The van der Waals surface area contributed by atoms with Gasteiger partial charge in [0.25, 0.3) is 0 Å². The highest BCUT2D eigenvalue weighted by Crippen LogP contribution is 1.93. The van der Waals surface area contributed by atoms with Gasteiger partial charge in [-0.05, 0) is 13.0 Å². The molecule has 1 amide bonds. The second-order valence-corrected chi connectivity index (χ2v) is 2.34. The molecule has 0 aromatic heterocycles. The molecule has 1 fully saturated rings. The number of carbonyl (C=O) groups excluding carboxylic acids is 1. The van der Waals surface area contributed by atoms with Crippen LogP contribution in [0.4, 0.5) is 0 Å². The number of nitrogens with one attached hydrogen (secondary N) is 3. The van der Waals surface area contributed by atoms with Gasteiger partial charge in [0.15, 0.2) is 0 Å². The van der Waals surface area contributed by atoms with E-state index in [1.807, 2.05) is 0 Å². The lowest BCUT2D eigenvalue weighted by Crippen LogP contribution is -2.51. The predicted molar refractivity (Wildman–Crippen MR) is 38.5 cm³/mol. The SMILES string of the molecule is CNC(=O)C1CCNCN1. The van der Waals surface area contributed by atoms with Crippen molar-refractivity contribution >= 4 is 5.91 Å². The Bertz CT molecular complexity index is 120. The summed E-state index contributed by atoms with van der Waals surface area (Å²) in [4.78, 5) is 11.0. The molecule has 1 aliphatic heterocycles. The van der Waals surface area contributed by atoms with E-state index in [0.717, 1.165) is 19.6 Å². The zero-order valence-electron chi connectivity index (χ0n) is 6.11. The summed E-state index contributed by atoms with van der Waals surface area (Å²) >= 11 is 0. The lowest BCUT2D eigenvalue weighted by molar-refractivity contribution is -0.123. The van der Waals surface area contributed by atoms with Gasteiger partial charge in [0.2, 0.25) is 5.91 Å². The zero-order chi connectivity index (χ0) is 7.40. The molecule has 1 heterocycles. The lowest BCUT2D eigenvalue weighted by atomic mass is 10.1. The van der Waals surface area contributed by atoms with E-state index in [1.165, 1.54) is 0 Å². The summed E-state index contributed by atoms with van der Waals surface area (Å²) in [7, 11) is 1.66. The molecule has 1 aliphatic rings. The number of likely N-dealkylation sites (N-methyl/N-ethyl adjacent to an activating group) is 1. The van der Waals surface area contributed by atoms with Gasteiger partial charge in [-0.1, -0.05) is 0 Å². The maximum atomic E-state index is 11.0. The van der Waals surface area contributed by atoms with Crippen LogP contribution in [0, 0.1) is 0 Å². The third-order valence-electron chi connectivity index (χ3n) is 1.65. The fourth-order valence-corrected chi connectivity index (χ4v) is 1.03. The Labute approximate surface area is 60.4 Å². The largest absolute Gasteiger partial charge is 0.358 e. The van der Waals surface area contributed by atoms with Gasteiger partial charge < -0.3 is 10.6 Å². The zero-order valence-corrected chi connectivity index (χ0v) is 6.11. The van der Waals surface area contributed by atoms with Gasteiger partial charge >= 0.3 is 0 Å². The van der Waals surface area contributed by atoms with Crippen LogP contribution in [0.2, 0.25) is 0 Å². The van der Waals surface area contributed by atoms with Gasteiger partial charge in [0.05, 0.1) is 6.04 Å². The Morgan fingerprint density at radius 3 is 3.00 bits per heavy atom. The minimum absolute atomic E-state index is 0.00579. The quantitative estimate of drug-likeness (QED) is 0.425. The normalized spacial score (nSPS) is 25.9. The van der Waals surface area contributed by atoms with Crippen molar-refractivity contribution in [2.75, 3.05) is 20.3 Å². The molecule has 10 heavy (non-hydrogen) atoms. The van der Waals surface area contributed by atoms with Gasteiger partial charge in [0.1, 0.15) is 0 Å². The van der Waals surface area contributed by atoms with Crippen LogP contribution < -0.4 is 16.0 Å². The van der Waals surface area contributed by atoms with Crippen molar-refractivity contribution in [1.29, 1.82) is 0 Å². The molecule has 3 N–H and O–H groups in total. The summed E-state index contributed by atoms with van der Waals surface area (Å²) in [5.41, 5.74) is 0. The summed E-state index contributed by atoms with van der Waals surface area (Å²) < 4.78 is 0. The van der Waals surface area contributed by atoms with Crippen LogP contribution in [0.3, 0.4) is 0 Å². The second kappa shape index (κ2) is 3.53. The Kier molecular flexibility index (Phi) is 2.65. The van der Waals surface area contributed by atoms with Gasteiger partial charge in [-0.3, -0.25) is 10.1 Å². The fraction of sp³-hybridized carbons (Fsp3) is 0.833. The van der Waals surface area contributed by atoms with Crippen molar-refractivity contribution < 1.29 is 4.79 Å². The third kappa shape index (κ3) is 1.68. The van der Waals surface area contributed by atoms with Gasteiger partial charge in [-0.15, -0.1) is 0 Å². The Hall–Kier alpha value is -0.610. The van der Waals surface area contributed by atoms with Crippen molar-refractivity contribution in [3.05, 3.63) is 0 Å². The second-order valence-electron chi connectivity index (χ2n) is 2.34. The monoisotopic (exact) mass is 143 g/mol. The van der Waals surface area contributed by atoms with Crippen molar-refractivity contribution in [3.63, 3.8) is 0 Å². The number of carbonyl (C=O) groups is 1. The third-order valence-corrected chi connectivity index (χ3v) is 1.65. The first-order valence-electron chi connectivity index (χ1n) is 3.50. The van der Waals surface area contributed by atoms with Gasteiger partial charge in [0, 0.05) is 13.7 Å². The fourth-order valence-electron chi connectivity index (χ4n) is 1.03. The topological polar surface area (TPSA) is 53.2 Å². The van der Waals surface area contributed by atoms with E-state index in [-0.39, 0.29) is 11.9 Å². The summed E-state index contributed by atoms with van der Waals surface area (Å²) in [6.45, 7) is 1.66. The van der Waals surface area contributed by atoms with E-state index in [9.17, 15) is 4.79 Å².